The fourth-order valence-electron chi connectivity index (χ4n) is 3.83. The Morgan fingerprint density at radius 3 is 2.74 bits per heavy atom. The van der Waals surface area contributed by atoms with Gasteiger partial charge in [-0.05, 0) is 49.0 Å². The molecule has 19 heavy (non-hydrogen) atoms. The molecule has 0 saturated heterocycles. The van der Waals surface area contributed by atoms with Crippen LogP contribution in [-0.2, 0) is 16.6 Å². The Balaban J connectivity index is 2.22. The number of ether oxygens (including phenoxy) is 1. The van der Waals surface area contributed by atoms with Crippen LogP contribution in [0.3, 0.4) is 0 Å². The Kier molecular flexibility index (Phi) is 2.77. The van der Waals surface area contributed by atoms with E-state index in [-0.39, 0.29) is 5.41 Å². The molecule has 1 aromatic carbocycles. The van der Waals surface area contributed by atoms with Gasteiger partial charge in [-0.3, -0.25) is 4.79 Å². The summed E-state index contributed by atoms with van der Waals surface area (Å²) in [5.41, 5.74) is 5.07. The third kappa shape index (κ3) is 1.66. The maximum atomic E-state index is 11.9. The monoisotopic (exact) mass is 256 g/mol. The fraction of sp³-hybridized carbons (Fsp3) is 0.471. The van der Waals surface area contributed by atoms with Crippen LogP contribution in [0.5, 0.6) is 5.75 Å². The quantitative estimate of drug-likeness (QED) is 0.767. The first-order valence-corrected chi connectivity index (χ1v) is 6.97. The lowest BCUT2D eigenvalue weighted by Gasteiger charge is -2.42. The summed E-state index contributed by atoms with van der Waals surface area (Å²) in [6.45, 7) is 4.29. The van der Waals surface area contributed by atoms with Crippen LogP contribution < -0.4 is 4.74 Å². The van der Waals surface area contributed by atoms with Crippen molar-refractivity contribution in [1.82, 2.24) is 0 Å². The number of Topliss-reactive ketones (excluding diaryl/α,β-unsaturated/α-hetero) is 1. The minimum atomic E-state index is 0.0279. The zero-order valence-electron chi connectivity index (χ0n) is 11.9. The highest BCUT2D eigenvalue weighted by molar-refractivity contribution is 5.97. The van der Waals surface area contributed by atoms with Gasteiger partial charge in [0.05, 0.1) is 7.11 Å². The average Bonchev–Trinajstić information content (AvgIpc) is 2.43. The highest BCUT2D eigenvalue weighted by Gasteiger charge is 2.41. The average molecular weight is 256 g/mol. The van der Waals surface area contributed by atoms with Gasteiger partial charge in [0, 0.05) is 11.8 Å². The molecule has 0 fully saturated rings. The summed E-state index contributed by atoms with van der Waals surface area (Å²) in [6.07, 6.45) is 3.57. The number of carbonyl (C=O) groups excluding carboxylic acids is 1. The molecule has 0 aliphatic heterocycles. The molecule has 0 unspecified atom stereocenters. The van der Waals surface area contributed by atoms with Gasteiger partial charge in [0.15, 0.2) is 5.78 Å². The smallest absolute Gasteiger partial charge is 0.158 e. The molecule has 0 aromatic heterocycles. The molecule has 2 nitrogen and oxygen atoms in total. The molecule has 2 aliphatic rings. The Morgan fingerprint density at radius 1 is 1.21 bits per heavy atom. The molecule has 1 aromatic rings. The van der Waals surface area contributed by atoms with Crippen LogP contribution in [0.15, 0.2) is 29.3 Å². The van der Waals surface area contributed by atoms with E-state index in [4.69, 9.17) is 4.74 Å². The lowest BCUT2D eigenvalue weighted by atomic mass is 9.61. The van der Waals surface area contributed by atoms with E-state index >= 15 is 0 Å². The molecule has 0 heterocycles. The molecular formula is C17H20O2. The Morgan fingerprint density at radius 2 is 2.00 bits per heavy atom. The third-order valence-corrected chi connectivity index (χ3v) is 4.96. The maximum absolute atomic E-state index is 11.9. The third-order valence-electron chi connectivity index (χ3n) is 4.96. The van der Waals surface area contributed by atoms with Crippen molar-refractivity contribution in [3.05, 3.63) is 40.5 Å². The molecule has 3 rings (SSSR count). The lowest BCUT2D eigenvalue weighted by molar-refractivity contribution is -0.116. The van der Waals surface area contributed by atoms with Crippen molar-refractivity contribution >= 4 is 5.78 Å². The van der Waals surface area contributed by atoms with Crippen molar-refractivity contribution in [2.45, 2.75) is 44.9 Å². The molecule has 0 bridgehead atoms. The SMILES string of the molecule is COc1cccc2c1CCC1=C(C)C(=O)CC[C@@]12C. The number of hydrogen-bond donors (Lipinski definition) is 0. The Hall–Kier alpha value is -1.57. The molecule has 100 valence electrons. The Labute approximate surface area is 114 Å². The lowest BCUT2D eigenvalue weighted by Crippen LogP contribution is -2.36. The van der Waals surface area contributed by atoms with Gasteiger partial charge < -0.3 is 4.74 Å². The summed E-state index contributed by atoms with van der Waals surface area (Å²) in [6, 6.07) is 6.31. The second-order valence-corrected chi connectivity index (χ2v) is 5.85. The van der Waals surface area contributed by atoms with Gasteiger partial charge in [-0.1, -0.05) is 24.6 Å². The topological polar surface area (TPSA) is 26.3 Å². The minimum Gasteiger partial charge on any atom is -0.496 e. The standard InChI is InChI=1S/C17H20O2/c1-11-13-8-7-12-14(5-4-6-16(12)19-3)17(13,2)10-9-15(11)18/h4-6H,7-10H2,1-3H3/t17-/m0/s1. The van der Waals surface area contributed by atoms with Crippen molar-refractivity contribution in [1.29, 1.82) is 0 Å². The van der Waals surface area contributed by atoms with E-state index in [0.29, 0.717) is 12.2 Å². The van der Waals surface area contributed by atoms with Gasteiger partial charge >= 0.3 is 0 Å². The van der Waals surface area contributed by atoms with Crippen LogP contribution >= 0.6 is 0 Å². The van der Waals surface area contributed by atoms with Crippen LogP contribution in [0.2, 0.25) is 0 Å². The number of fused-ring (bicyclic) bond motifs is 3. The van der Waals surface area contributed by atoms with E-state index in [1.54, 1.807) is 7.11 Å². The summed E-state index contributed by atoms with van der Waals surface area (Å²) >= 11 is 0. The molecule has 0 spiro atoms. The number of allylic oxidation sites excluding steroid dienone is 2. The summed E-state index contributed by atoms with van der Waals surface area (Å²) in [5.74, 6) is 1.33. The summed E-state index contributed by atoms with van der Waals surface area (Å²) in [4.78, 5) is 11.9. The largest absolute Gasteiger partial charge is 0.496 e. The van der Waals surface area contributed by atoms with Crippen molar-refractivity contribution in [3.63, 3.8) is 0 Å². The minimum absolute atomic E-state index is 0.0279. The van der Waals surface area contributed by atoms with Crippen LogP contribution in [0.4, 0.5) is 0 Å². The van der Waals surface area contributed by atoms with Crippen molar-refractivity contribution in [2.75, 3.05) is 7.11 Å². The molecule has 1 atom stereocenters. The molecular weight excluding hydrogens is 236 g/mol. The highest BCUT2D eigenvalue weighted by Crippen LogP contribution is 2.50. The first kappa shape index (κ1) is 12.5. The van der Waals surface area contributed by atoms with E-state index in [9.17, 15) is 4.79 Å². The molecule has 2 heteroatoms. The maximum Gasteiger partial charge on any atom is 0.158 e. The second kappa shape index (κ2) is 4.22. The summed E-state index contributed by atoms with van der Waals surface area (Å²) < 4.78 is 5.50. The normalized spacial score (nSPS) is 25.9. The van der Waals surface area contributed by atoms with Gasteiger partial charge in [0.2, 0.25) is 0 Å². The highest BCUT2D eigenvalue weighted by atomic mass is 16.5. The van der Waals surface area contributed by atoms with Crippen molar-refractivity contribution < 1.29 is 9.53 Å². The number of methoxy groups -OCH3 is 1. The number of rotatable bonds is 1. The fourth-order valence-corrected chi connectivity index (χ4v) is 3.83. The number of ketones is 1. The van der Waals surface area contributed by atoms with Gasteiger partial charge in [-0.15, -0.1) is 0 Å². The number of hydrogen-bond acceptors (Lipinski definition) is 2. The van der Waals surface area contributed by atoms with E-state index in [1.165, 1.54) is 16.7 Å². The van der Waals surface area contributed by atoms with Gasteiger partial charge in [-0.25, -0.2) is 0 Å². The van der Waals surface area contributed by atoms with Gasteiger partial charge in [0.25, 0.3) is 0 Å². The first-order chi connectivity index (χ1) is 9.08. The second-order valence-electron chi connectivity index (χ2n) is 5.85. The van der Waals surface area contributed by atoms with E-state index < -0.39 is 0 Å². The summed E-state index contributed by atoms with van der Waals surface area (Å²) in [7, 11) is 1.74. The van der Waals surface area contributed by atoms with E-state index in [1.807, 2.05) is 13.0 Å². The molecule has 0 saturated carbocycles. The number of carbonyl (C=O) groups is 1. The van der Waals surface area contributed by atoms with Crippen LogP contribution in [-0.4, -0.2) is 12.9 Å². The van der Waals surface area contributed by atoms with Crippen molar-refractivity contribution in [3.8, 4) is 5.75 Å². The van der Waals surface area contributed by atoms with Crippen molar-refractivity contribution in [2.24, 2.45) is 0 Å². The summed E-state index contributed by atoms with van der Waals surface area (Å²) in [5, 5.41) is 0. The molecule has 0 amide bonds. The van der Waals surface area contributed by atoms with E-state index in [2.05, 4.69) is 19.1 Å². The molecule has 0 radical (unpaired) electrons. The number of benzene rings is 1. The van der Waals surface area contributed by atoms with E-state index in [0.717, 1.165) is 30.6 Å². The molecule has 2 aliphatic carbocycles. The molecule has 0 N–H and O–H groups in total. The zero-order chi connectivity index (χ0) is 13.6. The van der Waals surface area contributed by atoms with Crippen LogP contribution in [0, 0.1) is 0 Å². The van der Waals surface area contributed by atoms with Crippen LogP contribution in [0.25, 0.3) is 0 Å². The van der Waals surface area contributed by atoms with Crippen LogP contribution in [0.1, 0.15) is 44.2 Å². The van der Waals surface area contributed by atoms with Gasteiger partial charge in [0.1, 0.15) is 5.75 Å². The predicted molar refractivity (Wildman–Crippen MR) is 75.6 cm³/mol. The first-order valence-electron chi connectivity index (χ1n) is 6.97. The predicted octanol–water partition coefficient (Wildman–Crippen LogP) is 3.58. The zero-order valence-corrected chi connectivity index (χ0v) is 11.9. The Bertz CT molecular complexity index is 583. The van der Waals surface area contributed by atoms with Gasteiger partial charge in [-0.2, -0.15) is 0 Å².